The van der Waals surface area contributed by atoms with E-state index < -0.39 is 0 Å². The van der Waals surface area contributed by atoms with E-state index >= 15 is 0 Å². The Balaban J connectivity index is 2.13. The predicted octanol–water partition coefficient (Wildman–Crippen LogP) is 3.53. The second-order valence-electron chi connectivity index (χ2n) is 4.78. The van der Waals surface area contributed by atoms with Crippen molar-refractivity contribution in [3.63, 3.8) is 0 Å². The number of aromatic nitrogens is 3. The molecule has 4 nitrogen and oxygen atoms in total. The fourth-order valence-corrected chi connectivity index (χ4v) is 2.74. The molecule has 0 atom stereocenters. The standard InChI is InChI=1S/C14H15BrN4/c1-8-4-3-5-10(17-8)13-18-12(9-6-7-9)11(15)14(16-2)19-13/h3-5,9H,6-7H2,1-2H3,(H,16,18,19). The Bertz CT molecular complexity index is 623. The maximum atomic E-state index is 4.69. The molecule has 0 spiro atoms. The Morgan fingerprint density at radius 3 is 2.63 bits per heavy atom. The van der Waals surface area contributed by atoms with Crippen LogP contribution in [0.2, 0.25) is 0 Å². The quantitative estimate of drug-likeness (QED) is 0.940. The number of rotatable bonds is 3. The molecule has 2 aromatic heterocycles. The molecule has 0 amide bonds. The molecular formula is C14H15BrN4. The third-order valence-corrected chi connectivity index (χ3v) is 3.98. The van der Waals surface area contributed by atoms with Crippen LogP contribution in [0.4, 0.5) is 5.82 Å². The Labute approximate surface area is 120 Å². The van der Waals surface area contributed by atoms with Crippen molar-refractivity contribution in [2.24, 2.45) is 0 Å². The first-order valence-corrected chi connectivity index (χ1v) is 7.17. The molecule has 1 aliphatic rings. The molecule has 19 heavy (non-hydrogen) atoms. The van der Waals surface area contributed by atoms with Gasteiger partial charge < -0.3 is 5.32 Å². The summed E-state index contributed by atoms with van der Waals surface area (Å²) in [7, 11) is 1.87. The minimum absolute atomic E-state index is 0.563. The third kappa shape index (κ3) is 2.47. The van der Waals surface area contributed by atoms with Gasteiger partial charge in [0.15, 0.2) is 5.82 Å². The summed E-state index contributed by atoms with van der Waals surface area (Å²) in [6.45, 7) is 1.98. The van der Waals surface area contributed by atoms with Gasteiger partial charge in [0.25, 0.3) is 0 Å². The van der Waals surface area contributed by atoms with Gasteiger partial charge in [-0.3, -0.25) is 0 Å². The van der Waals surface area contributed by atoms with Gasteiger partial charge in [0, 0.05) is 18.7 Å². The molecule has 3 rings (SSSR count). The van der Waals surface area contributed by atoms with Crippen molar-refractivity contribution in [2.45, 2.75) is 25.7 Å². The normalized spacial score (nSPS) is 14.5. The van der Waals surface area contributed by atoms with Crippen LogP contribution in [0, 0.1) is 6.92 Å². The molecule has 1 N–H and O–H groups in total. The highest BCUT2D eigenvalue weighted by molar-refractivity contribution is 9.10. The zero-order chi connectivity index (χ0) is 13.4. The number of nitrogens with one attached hydrogen (secondary N) is 1. The molecule has 1 fully saturated rings. The number of pyridine rings is 1. The topological polar surface area (TPSA) is 50.7 Å². The zero-order valence-electron chi connectivity index (χ0n) is 10.9. The van der Waals surface area contributed by atoms with Crippen LogP contribution in [-0.2, 0) is 0 Å². The maximum absolute atomic E-state index is 4.69. The van der Waals surface area contributed by atoms with Crippen molar-refractivity contribution in [1.29, 1.82) is 0 Å². The van der Waals surface area contributed by atoms with Crippen LogP contribution >= 0.6 is 15.9 Å². The molecule has 0 unspecified atom stereocenters. The van der Waals surface area contributed by atoms with E-state index in [9.17, 15) is 0 Å². The molecule has 5 heteroatoms. The molecule has 1 saturated carbocycles. The Hall–Kier alpha value is -1.49. The lowest BCUT2D eigenvalue weighted by Gasteiger charge is -2.10. The highest BCUT2D eigenvalue weighted by Gasteiger charge is 2.29. The van der Waals surface area contributed by atoms with Crippen LogP contribution < -0.4 is 5.32 Å². The van der Waals surface area contributed by atoms with Gasteiger partial charge >= 0.3 is 0 Å². The summed E-state index contributed by atoms with van der Waals surface area (Å²) in [4.78, 5) is 13.7. The second-order valence-corrected chi connectivity index (χ2v) is 5.58. The van der Waals surface area contributed by atoms with Crippen molar-refractivity contribution < 1.29 is 0 Å². The summed E-state index contributed by atoms with van der Waals surface area (Å²) in [5, 5.41) is 3.12. The first-order valence-electron chi connectivity index (χ1n) is 6.38. The van der Waals surface area contributed by atoms with Gasteiger partial charge in [0.05, 0.1) is 10.2 Å². The Kier molecular flexibility index (Phi) is 3.22. The number of nitrogens with zero attached hydrogens (tertiary/aromatic N) is 3. The summed E-state index contributed by atoms with van der Waals surface area (Å²) < 4.78 is 0.980. The van der Waals surface area contributed by atoms with E-state index in [0.29, 0.717) is 11.7 Å². The van der Waals surface area contributed by atoms with Gasteiger partial charge in [-0.1, -0.05) is 6.07 Å². The van der Waals surface area contributed by atoms with Gasteiger partial charge in [-0.25, -0.2) is 15.0 Å². The summed E-state index contributed by atoms with van der Waals surface area (Å²) in [6, 6.07) is 5.91. The molecule has 2 aromatic rings. The van der Waals surface area contributed by atoms with Crippen LogP contribution in [0.5, 0.6) is 0 Å². The van der Waals surface area contributed by atoms with Crippen molar-refractivity contribution in [3.8, 4) is 11.5 Å². The van der Waals surface area contributed by atoms with Crippen LogP contribution in [0.15, 0.2) is 22.7 Å². The van der Waals surface area contributed by atoms with Gasteiger partial charge in [0.1, 0.15) is 11.5 Å². The molecule has 2 heterocycles. The first-order chi connectivity index (χ1) is 9.19. The number of aryl methyl sites for hydroxylation is 1. The number of anilines is 1. The van der Waals surface area contributed by atoms with Gasteiger partial charge in [0.2, 0.25) is 0 Å². The fourth-order valence-electron chi connectivity index (χ4n) is 2.04. The van der Waals surface area contributed by atoms with Gasteiger partial charge in [-0.15, -0.1) is 0 Å². The molecule has 0 radical (unpaired) electrons. The van der Waals surface area contributed by atoms with E-state index in [-0.39, 0.29) is 0 Å². The molecule has 0 saturated heterocycles. The first kappa shape index (κ1) is 12.5. The van der Waals surface area contributed by atoms with E-state index in [0.717, 1.165) is 27.4 Å². The van der Waals surface area contributed by atoms with E-state index in [1.165, 1.54) is 12.8 Å². The lowest BCUT2D eigenvalue weighted by molar-refractivity contribution is 0.972. The second kappa shape index (κ2) is 4.89. The van der Waals surface area contributed by atoms with Gasteiger partial charge in [-0.2, -0.15) is 0 Å². The molecule has 1 aliphatic carbocycles. The van der Waals surface area contributed by atoms with Crippen molar-refractivity contribution in [1.82, 2.24) is 15.0 Å². The zero-order valence-corrected chi connectivity index (χ0v) is 12.5. The van der Waals surface area contributed by atoms with Crippen molar-refractivity contribution in [3.05, 3.63) is 34.1 Å². The summed E-state index contributed by atoms with van der Waals surface area (Å²) in [6.07, 6.45) is 2.42. The van der Waals surface area contributed by atoms with E-state index in [4.69, 9.17) is 4.98 Å². The van der Waals surface area contributed by atoms with E-state index in [1.54, 1.807) is 0 Å². The molecule has 0 aliphatic heterocycles. The van der Waals surface area contributed by atoms with Crippen LogP contribution in [0.3, 0.4) is 0 Å². The molecular weight excluding hydrogens is 304 g/mol. The predicted molar refractivity (Wildman–Crippen MR) is 79.2 cm³/mol. The minimum atomic E-state index is 0.563. The van der Waals surface area contributed by atoms with Gasteiger partial charge in [-0.05, 0) is 47.8 Å². The summed E-state index contributed by atoms with van der Waals surface area (Å²) in [5.74, 6) is 2.08. The molecule has 0 bridgehead atoms. The molecule has 0 aromatic carbocycles. The van der Waals surface area contributed by atoms with Crippen LogP contribution in [-0.4, -0.2) is 22.0 Å². The SMILES string of the molecule is CNc1nc(-c2cccc(C)n2)nc(C2CC2)c1Br. The van der Waals surface area contributed by atoms with E-state index in [2.05, 4.69) is 31.2 Å². The largest absolute Gasteiger partial charge is 0.372 e. The average Bonchev–Trinajstić information content (AvgIpc) is 3.23. The Morgan fingerprint density at radius 1 is 1.21 bits per heavy atom. The number of halogens is 1. The van der Waals surface area contributed by atoms with Crippen LogP contribution in [0.25, 0.3) is 11.5 Å². The monoisotopic (exact) mass is 318 g/mol. The number of hydrogen-bond acceptors (Lipinski definition) is 4. The summed E-state index contributed by atoms with van der Waals surface area (Å²) in [5.41, 5.74) is 2.89. The third-order valence-electron chi connectivity index (χ3n) is 3.20. The van der Waals surface area contributed by atoms with E-state index in [1.807, 2.05) is 32.2 Å². The molecule has 98 valence electrons. The smallest absolute Gasteiger partial charge is 0.180 e. The lowest BCUT2D eigenvalue weighted by atomic mass is 10.2. The van der Waals surface area contributed by atoms with Crippen LogP contribution in [0.1, 0.15) is 30.1 Å². The average molecular weight is 319 g/mol. The minimum Gasteiger partial charge on any atom is -0.372 e. The summed E-state index contributed by atoms with van der Waals surface area (Å²) >= 11 is 3.60. The number of hydrogen-bond donors (Lipinski definition) is 1. The van der Waals surface area contributed by atoms with Crippen molar-refractivity contribution >= 4 is 21.7 Å². The van der Waals surface area contributed by atoms with Crippen molar-refractivity contribution in [2.75, 3.05) is 12.4 Å². The highest BCUT2D eigenvalue weighted by atomic mass is 79.9. The highest BCUT2D eigenvalue weighted by Crippen LogP contribution is 2.44. The Morgan fingerprint density at radius 2 is 2.00 bits per heavy atom. The lowest BCUT2D eigenvalue weighted by Crippen LogP contribution is -2.03. The maximum Gasteiger partial charge on any atom is 0.180 e. The fraction of sp³-hybridized carbons (Fsp3) is 0.357.